The largest absolute Gasteiger partial charge is 0.416 e. The quantitative estimate of drug-likeness (QED) is 0.817. The summed E-state index contributed by atoms with van der Waals surface area (Å²) < 4.78 is 51.6. The van der Waals surface area contributed by atoms with Crippen molar-refractivity contribution in [2.24, 2.45) is 5.92 Å². The molecule has 1 saturated heterocycles. The average molecular weight is 355 g/mol. The summed E-state index contributed by atoms with van der Waals surface area (Å²) in [6.07, 6.45) is -2.72. The van der Waals surface area contributed by atoms with E-state index in [1.165, 1.54) is 0 Å². The highest BCUT2D eigenvalue weighted by Crippen LogP contribution is 2.30. The fraction of sp³-hybridized carbons (Fsp3) is 0.533. The fourth-order valence-electron chi connectivity index (χ4n) is 2.58. The number of alkyl halides is 3. The van der Waals surface area contributed by atoms with E-state index in [0.717, 1.165) is 25.9 Å². The van der Waals surface area contributed by atoms with Gasteiger partial charge in [0.05, 0.1) is 11.1 Å². The van der Waals surface area contributed by atoms with Crippen molar-refractivity contribution in [2.45, 2.75) is 32.0 Å². The number of piperidine rings is 1. The summed E-state index contributed by atoms with van der Waals surface area (Å²) in [5, 5.41) is 5.79. The van der Waals surface area contributed by atoms with Crippen LogP contribution in [0.3, 0.4) is 0 Å². The minimum Gasteiger partial charge on any atom is -0.349 e. The molecule has 1 aliphatic heterocycles. The van der Waals surface area contributed by atoms with E-state index < -0.39 is 29.0 Å². The summed E-state index contributed by atoms with van der Waals surface area (Å²) >= 11 is 0. The molecule has 1 amide bonds. The Bertz CT molecular complexity index is 545. The van der Waals surface area contributed by atoms with Crippen LogP contribution in [0.1, 0.15) is 35.7 Å². The number of carbonyl (C=O) groups excluding carboxylic acids is 1. The smallest absolute Gasteiger partial charge is 0.349 e. The standard InChI is InChI=1S/C15H18F4N2O.ClH/c1-9(10-3-2-6-20-8-10)21-14(22)12-7-11(15(17,18)19)4-5-13(12)16;/h4-5,7,9-10,20H,2-3,6,8H2,1H3,(H,21,22);1H. The molecule has 1 heterocycles. The Morgan fingerprint density at radius 1 is 1.39 bits per heavy atom. The highest BCUT2D eigenvalue weighted by atomic mass is 35.5. The molecule has 2 N–H and O–H groups in total. The van der Waals surface area contributed by atoms with Gasteiger partial charge in [0.15, 0.2) is 0 Å². The molecule has 1 aliphatic rings. The molecule has 0 aliphatic carbocycles. The van der Waals surface area contributed by atoms with Crippen LogP contribution in [-0.2, 0) is 6.18 Å². The van der Waals surface area contributed by atoms with Gasteiger partial charge in [-0.25, -0.2) is 4.39 Å². The van der Waals surface area contributed by atoms with Gasteiger partial charge in [0.1, 0.15) is 5.82 Å². The van der Waals surface area contributed by atoms with Crippen LogP contribution in [0.25, 0.3) is 0 Å². The summed E-state index contributed by atoms with van der Waals surface area (Å²) in [6.45, 7) is 3.42. The third kappa shape index (κ3) is 5.07. The van der Waals surface area contributed by atoms with Crippen LogP contribution < -0.4 is 10.6 Å². The zero-order chi connectivity index (χ0) is 16.3. The first-order chi connectivity index (χ1) is 10.3. The van der Waals surface area contributed by atoms with E-state index in [1.807, 2.05) is 0 Å². The van der Waals surface area contributed by atoms with Gasteiger partial charge < -0.3 is 10.6 Å². The molecule has 0 radical (unpaired) electrons. The SMILES string of the molecule is CC(NC(=O)c1cc(C(F)(F)F)ccc1F)C1CCCNC1.Cl. The molecular weight excluding hydrogens is 336 g/mol. The maximum atomic E-state index is 13.7. The van der Waals surface area contributed by atoms with E-state index in [2.05, 4.69) is 10.6 Å². The summed E-state index contributed by atoms with van der Waals surface area (Å²) in [5.74, 6) is -1.59. The van der Waals surface area contributed by atoms with Crippen molar-refractivity contribution in [1.82, 2.24) is 10.6 Å². The van der Waals surface area contributed by atoms with Crippen LogP contribution in [0.4, 0.5) is 17.6 Å². The van der Waals surface area contributed by atoms with E-state index in [9.17, 15) is 22.4 Å². The second kappa shape index (κ2) is 7.97. The van der Waals surface area contributed by atoms with E-state index in [-0.39, 0.29) is 24.4 Å². The Balaban J connectivity index is 0.00000264. The van der Waals surface area contributed by atoms with Crippen LogP contribution in [-0.4, -0.2) is 25.0 Å². The lowest BCUT2D eigenvalue weighted by atomic mass is 9.92. The predicted molar refractivity (Wildman–Crippen MR) is 81.2 cm³/mol. The van der Waals surface area contributed by atoms with Gasteiger partial charge in [-0.05, 0) is 57.0 Å². The minimum atomic E-state index is -4.61. The number of hydrogen-bond acceptors (Lipinski definition) is 2. The predicted octanol–water partition coefficient (Wildman–Crippen LogP) is 3.38. The molecule has 0 aromatic heterocycles. The molecule has 8 heteroatoms. The summed E-state index contributed by atoms with van der Waals surface area (Å²) in [6, 6.07) is 1.61. The number of carbonyl (C=O) groups is 1. The van der Waals surface area contributed by atoms with Crippen LogP contribution in [0.5, 0.6) is 0 Å². The van der Waals surface area contributed by atoms with Crippen LogP contribution >= 0.6 is 12.4 Å². The zero-order valence-corrected chi connectivity index (χ0v) is 13.4. The maximum Gasteiger partial charge on any atom is 0.416 e. The number of hydrogen-bond donors (Lipinski definition) is 2. The average Bonchev–Trinajstić information content (AvgIpc) is 2.47. The first-order valence-electron chi connectivity index (χ1n) is 7.17. The van der Waals surface area contributed by atoms with Gasteiger partial charge in [-0.1, -0.05) is 0 Å². The normalized spacial score (nSPS) is 19.6. The summed E-state index contributed by atoms with van der Waals surface area (Å²) in [4.78, 5) is 12.1. The number of rotatable bonds is 3. The Hall–Kier alpha value is -1.34. The lowest BCUT2D eigenvalue weighted by molar-refractivity contribution is -0.137. The van der Waals surface area contributed by atoms with Crippen molar-refractivity contribution < 1.29 is 22.4 Å². The van der Waals surface area contributed by atoms with Gasteiger partial charge in [0.25, 0.3) is 5.91 Å². The molecule has 1 aromatic rings. The third-order valence-corrected chi connectivity index (χ3v) is 3.94. The van der Waals surface area contributed by atoms with E-state index in [4.69, 9.17) is 0 Å². The topological polar surface area (TPSA) is 41.1 Å². The Labute approximate surface area is 138 Å². The second-order valence-electron chi connectivity index (χ2n) is 5.56. The van der Waals surface area contributed by atoms with Gasteiger partial charge in [-0.3, -0.25) is 4.79 Å². The van der Waals surface area contributed by atoms with Gasteiger partial charge in [-0.15, -0.1) is 12.4 Å². The second-order valence-corrected chi connectivity index (χ2v) is 5.56. The van der Waals surface area contributed by atoms with E-state index in [0.29, 0.717) is 18.2 Å². The van der Waals surface area contributed by atoms with Gasteiger partial charge in [0, 0.05) is 6.04 Å². The number of nitrogens with one attached hydrogen (secondary N) is 2. The number of halogens is 5. The first kappa shape index (κ1) is 19.7. The molecule has 2 unspecified atom stereocenters. The molecule has 1 aromatic carbocycles. The molecule has 130 valence electrons. The van der Waals surface area contributed by atoms with Crippen molar-refractivity contribution in [3.63, 3.8) is 0 Å². The van der Waals surface area contributed by atoms with Crippen molar-refractivity contribution in [1.29, 1.82) is 0 Å². The molecule has 0 spiro atoms. The van der Waals surface area contributed by atoms with Gasteiger partial charge in [0.2, 0.25) is 0 Å². The first-order valence-corrected chi connectivity index (χ1v) is 7.17. The van der Waals surface area contributed by atoms with Crippen molar-refractivity contribution in [3.8, 4) is 0 Å². The van der Waals surface area contributed by atoms with Crippen LogP contribution in [0.15, 0.2) is 18.2 Å². The summed E-state index contributed by atoms with van der Waals surface area (Å²) in [7, 11) is 0. The highest BCUT2D eigenvalue weighted by molar-refractivity contribution is 5.94. The minimum absolute atomic E-state index is 0. The molecule has 2 atom stereocenters. The lowest BCUT2D eigenvalue weighted by Gasteiger charge is -2.29. The maximum absolute atomic E-state index is 13.7. The van der Waals surface area contributed by atoms with E-state index >= 15 is 0 Å². The Kier molecular flexibility index (Phi) is 6.83. The van der Waals surface area contributed by atoms with Gasteiger partial charge >= 0.3 is 6.18 Å². The van der Waals surface area contributed by atoms with Crippen molar-refractivity contribution in [3.05, 3.63) is 35.1 Å². The van der Waals surface area contributed by atoms with Gasteiger partial charge in [-0.2, -0.15) is 13.2 Å². The Morgan fingerprint density at radius 3 is 2.65 bits per heavy atom. The fourth-order valence-corrected chi connectivity index (χ4v) is 2.58. The molecule has 1 fully saturated rings. The van der Waals surface area contributed by atoms with E-state index in [1.54, 1.807) is 6.92 Å². The molecule has 0 saturated carbocycles. The summed E-state index contributed by atoms with van der Waals surface area (Å²) in [5.41, 5.74) is -1.61. The Morgan fingerprint density at radius 2 is 2.09 bits per heavy atom. The van der Waals surface area contributed by atoms with Crippen molar-refractivity contribution in [2.75, 3.05) is 13.1 Å². The third-order valence-electron chi connectivity index (χ3n) is 3.94. The number of amides is 1. The molecule has 3 nitrogen and oxygen atoms in total. The monoisotopic (exact) mass is 354 g/mol. The van der Waals surface area contributed by atoms with Crippen LogP contribution in [0, 0.1) is 11.7 Å². The zero-order valence-electron chi connectivity index (χ0n) is 12.5. The van der Waals surface area contributed by atoms with Crippen molar-refractivity contribution >= 4 is 18.3 Å². The molecule has 23 heavy (non-hydrogen) atoms. The van der Waals surface area contributed by atoms with Crippen LogP contribution in [0.2, 0.25) is 0 Å². The molecule has 0 bridgehead atoms. The highest BCUT2D eigenvalue weighted by Gasteiger charge is 2.32. The lowest BCUT2D eigenvalue weighted by Crippen LogP contribution is -2.44. The number of benzene rings is 1. The molecular formula is C15H19ClF4N2O. The molecule has 2 rings (SSSR count).